The van der Waals surface area contributed by atoms with Gasteiger partial charge in [-0.05, 0) is 50.1 Å². The molecule has 7 nitrogen and oxygen atoms in total. The third-order valence-corrected chi connectivity index (χ3v) is 7.49. The van der Waals surface area contributed by atoms with Crippen LogP contribution in [0.25, 0.3) is 0 Å². The molecule has 0 radical (unpaired) electrons. The van der Waals surface area contributed by atoms with Crippen molar-refractivity contribution in [3.8, 4) is 0 Å². The molecule has 0 unspecified atom stereocenters. The molecule has 2 aromatic carbocycles. The Kier molecular flexibility index (Phi) is 7.69. The number of piperidine rings is 1. The Labute approximate surface area is 187 Å². The molecule has 166 valence electrons. The SMILES string of the molecule is CCN(C(=O)COC(=O)c1ccc(Cl)c(S(=O)(=O)N2CCCCC2)c1)c1ccccc1. The van der Waals surface area contributed by atoms with Gasteiger partial charge in [0, 0.05) is 25.3 Å². The van der Waals surface area contributed by atoms with Gasteiger partial charge in [-0.1, -0.05) is 36.2 Å². The topological polar surface area (TPSA) is 84.0 Å². The molecule has 0 spiro atoms. The van der Waals surface area contributed by atoms with Gasteiger partial charge in [0.2, 0.25) is 10.0 Å². The van der Waals surface area contributed by atoms with Crippen molar-refractivity contribution in [2.24, 2.45) is 0 Å². The molecule has 0 N–H and O–H groups in total. The maximum absolute atomic E-state index is 13.0. The smallest absolute Gasteiger partial charge is 0.338 e. The molecule has 1 aliphatic rings. The van der Waals surface area contributed by atoms with Crippen molar-refractivity contribution in [3.63, 3.8) is 0 Å². The van der Waals surface area contributed by atoms with Crippen LogP contribution in [0.1, 0.15) is 36.5 Å². The van der Waals surface area contributed by atoms with Crippen molar-refractivity contribution in [2.45, 2.75) is 31.1 Å². The quantitative estimate of drug-likeness (QED) is 0.583. The van der Waals surface area contributed by atoms with Gasteiger partial charge in [-0.3, -0.25) is 4.79 Å². The number of benzene rings is 2. The van der Waals surface area contributed by atoms with Gasteiger partial charge in [0.05, 0.1) is 10.6 Å². The van der Waals surface area contributed by atoms with E-state index in [1.165, 1.54) is 27.4 Å². The molecular formula is C22H25ClN2O5S. The van der Waals surface area contributed by atoms with E-state index in [4.69, 9.17) is 16.3 Å². The highest BCUT2D eigenvalue weighted by Crippen LogP contribution is 2.28. The molecule has 1 fully saturated rings. The normalized spacial score (nSPS) is 14.8. The predicted octanol–water partition coefficient (Wildman–Crippen LogP) is 3.72. The molecule has 0 atom stereocenters. The van der Waals surface area contributed by atoms with Crippen LogP contribution in [-0.2, 0) is 19.6 Å². The zero-order chi connectivity index (χ0) is 22.4. The van der Waals surface area contributed by atoms with Gasteiger partial charge in [-0.15, -0.1) is 0 Å². The Morgan fingerprint density at radius 3 is 2.39 bits per heavy atom. The number of likely N-dealkylation sites (N-methyl/N-ethyl adjacent to an activating group) is 1. The molecule has 0 saturated carbocycles. The number of anilines is 1. The summed E-state index contributed by atoms with van der Waals surface area (Å²) in [6.45, 7) is 2.63. The zero-order valence-electron chi connectivity index (χ0n) is 17.3. The second-order valence-corrected chi connectivity index (χ2v) is 9.47. The van der Waals surface area contributed by atoms with E-state index in [0.717, 1.165) is 19.3 Å². The average molecular weight is 465 g/mol. The fourth-order valence-electron chi connectivity index (χ4n) is 3.47. The summed E-state index contributed by atoms with van der Waals surface area (Å²) in [4.78, 5) is 26.4. The van der Waals surface area contributed by atoms with Crippen LogP contribution in [0.2, 0.25) is 5.02 Å². The van der Waals surface area contributed by atoms with Crippen LogP contribution in [0.15, 0.2) is 53.4 Å². The largest absolute Gasteiger partial charge is 0.452 e. The van der Waals surface area contributed by atoms with E-state index in [2.05, 4.69) is 0 Å². The van der Waals surface area contributed by atoms with E-state index in [1.54, 1.807) is 12.1 Å². The molecule has 0 aliphatic carbocycles. The molecule has 2 aromatic rings. The summed E-state index contributed by atoms with van der Waals surface area (Å²) in [6.07, 6.45) is 2.56. The lowest BCUT2D eigenvalue weighted by atomic mass is 10.2. The molecule has 31 heavy (non-hydrogen) atoms. The fourth-order valence-corrected chi connectivity index (χ4v) is 5.49. The maximum atomic E-state index is 13.0. The van der Waals surface area contributed by atoms with Crippen molar-refractivity contribution in [1.29, 1.82) is 0 Å². The summed E-state index contributed by atoms with van der Waals surface area (Å²) in [5, 5.41) is 0.0411. The standard InChI is InChI=1S/C22H25ClN2O5S/c1-2-25(18-9-5-3-6-10-18)21(26)16-30-22(27)17-11-12-19(23)20(15-17)31(28,29)24-13-7-4-8-14-24/h3,5-6,9-12,15H,2,4,7-8,13-14,16H2,1H3. The Balaban J connectivity index is 1.72. The summed E-state index contributed by atoms with van der Waals surface area (Å²) in [5.41, 5.74) is 0.725. The minimum atomic E-state index is -3.81. The molecule has 1 saturated heterocycles. The van der Waals surface area contributed by atoms with E-state index in [1.807, 2.05) is 25.1 Å². The van der Waals surface area contributed by atoms with Gasteiger partial charge in [-0.2, -0.15) is 4.31 Å². The monoisotopic (exact) mass is 464 g/mol. The van der Waals surface area contributed by atoms with Gasteiger partial charge in [-0.25, -0.2) is 13.2 Å². The molecule has 0 bridgehead atoms. The van der Waals surface area contributed by atoms with Crippen LogP contribution in [0.5, 0.6) is 0 Å². The molecule has 0 aromatic heterocycles. The summed E-state index contributed by atoms with van der Waals surface area (Å²) in [5.74, 6) is -1.17. The minimum Gasteiger partial charge on any atom is -0.452 e. The van der Waals surface area contributed by atoms with Crippen LogP contribution in [0.4, 0.5) is 5.69 Å². The number of esters is 1. The number of halogens is 1. The number of carbonyl (C=O) groups excluding carboxylic acids is 2. The highest BCUT2D eigenvalue weighted by molar-refractivity contribution is 7.89. The lowest BCUT2D eigenvalue weighted by molar-refractivity contribution is -0.121. The molecule has 1 aliphatic heterocycles. The lowest BCUT2D eigenvalue weighted by Gasteiger charge is -2.26. The van der Waals surface area contributed by atoms with E-state index in [0.29, 0.717) is 25.3 Å². The van der Waals surface area contributed by atoms with Gasteiger partial charge >= 0.3 is 5.97 Å². The number of ether oxygens (including phenoxy) is 1. The van der Waals surface area contributed by atoms with Crippen molar-refractivity contribution < 1.29 is 22.7 Å². The second kappa shape index (κ2) is 10.3. The summed E-state index contributed by atoms with van der Waals surface area (Å²) in [6, 6.07) is 13.0. The summed E-state index contributed by atoms with van der Waals surface area (Å²) in [7, 11) is -3.81. The van der Waals surface area contributed by atoms with Crippen molar-refractivity contribution in [1.82, 2.24) is 4.31 Å². The first-order valence-corrected chi connectivity index (χ1v) is 12.0. The van der Waals surface area contributed by atoms with Gasteiger partial charge < -0.3 is 9.64 Å². The van der Waals surface area contributed by atoms with Crippen molar-refractivity contribution >= 4 is 39.2 Å². The Morgan fingerprint density at radius 1 is 1.06 bits per heavy atom. The second-order valence-electron chi connectivity index (χ2n) is 7.16. The zero-order valence-corrected chi connectivity index (χ0v) is 18.9. The van der Waals surface area contributed by atoms with Crippen molar-refractivity contribution in [3.05, 3.63) is 59.1 Å². The number of amides is 1. The van der Waals surface area contributed by atoms with Crippen LogP contribution >= 0.6 is 11.6 Å². The van der Waals surface area contributed by atoms with E-state index >= 15 is 0 Å². The number of hydrogen-bond donors (Lipinski definition) is 0. The first-order chi connectivity index (χ1) is 14.8. The Hall–Kier alpha value is -2.42. The molecule has 1 amide bonds. The van der Waals surface area contributed by atoms with Crippen molar-refractivity contribution in [2.75, 3.05) is 31.1 Å². The first-order valence-electron chi connectivity index (χ1n) is 10.2. The highest BCUT2D eigenvalue weighted by atomic mass is 35.5. The molecule has 3 rings (SSSR count). The maximum Gasteiger partial charge on any atom is 0.338 e. The third kappa shape index (κ3) is 5.44. The number of carbonyl (C=O) groups is 2. The number of sulfonamides is 1. The van der Waals surface area contributed by atoms with Crippen LogP contribution in [0.3, 0.4) is 0 Å². The fraction of sp³-hybridized carbons (Fsp3) is 0.364. The van der Waals surface area contributed by atoms with Gasteiger partial charge in [0.15, 0.2) is 6.61 Å². The number of rotatable bonds is 7. The number of nitrogens with zero attached hydrogens (tertiary/aromatic N) is 2. The first kappa shape index (κ1) is 23.2. The highest BCUT2D eigenvalue weighted by Gasteiger charge is 2.29. The minimum absolute atomic E-state index is 0.0237. The summed E-state index contributed by atoms with van der Waals surface area (Å²) >= 11 is 6.14. The van der Waals surface area contributed by atoms with E-state index in [-0.39, 0.29) is 21.4 Å². The number of hydrogen-bond acceptors (Lipinski definition) is 5. The molecule has 9 heteroatoms. The Bertz CT molecular complexity index is 1040. The lowest BCUT2D eigenvalue weighted by Crippen LogP contribution is -2.36. The average Bonchev–Trinajstić information content (AvgIpc) is 2.79. The van der Waals surface area contributed by atoms with Crippen LogP contribution < -0.4 is 4.90 Å². The van der Waals surface area contributed by atoms with Crippen LogP contribution in [-0.4, -0.2) is 50.8 Å². The van der Waals surface area contributed by atoms with Gasteiger partial charge in [0.1, 0.15) is 4.90 Å². The Morgan fingerprint density at radius 2 is 1.74 bits per heavy atom. The number of para-hydroxylation sites is 1. The third-order valence-electron chi connectivity index (χ3n) is 5.11. The van der Waals surface area contributed by atoms with E-state index in [9.17, 15) is 18.0 Å². The molecule has 1 heterocycles. The van der Waals surface area contributed by atoms with Gasteiger partial charge in [0.25, 0.3) is 5.91 Å². The van der Waals surface area contributed by atoms with E-state index < -0.39 is 22.6 Å². The summed E-state index contributed by atoms with van der Waals surface area (Å²) < 4.78 is 32.5. The van der Waals surface area contributed by atoms with Crippen LogP contribution in [0, 0.1) is 0 Å². The predicted molar refractivity (Wildman–Crippen MR) is 119 cm³/mol. The molecular weight excluding hydrogens is 440 g/mol.